The summed E-state index contributed by atoms with van der Waals surface area (Å²) in [6, 6.07) is 0. The van der Waals surface area contributed by atoms with Crippen molar-refractivity contribution in [1.29, 1.82) is 0 Å². The Bertz CT molecular complexity index is 169. The summed E-state index contributed by atoms with van der Waals surface area (Å²) in [6.07, 6.45) is 0. The summed E-state index contributed by atoms with van der Waals surface area (Å²) in [5, 5.41) is 35.1. The van der Waals surface area contributed by atoms with Gasteiger partial charge in [-0.2, -0.15) is 0 Å². The molecule has 0 amide bonds. The summed E-state index contributed by atoms with van der Waals surface area (Å²) in [6.45, 7) is 13.0. The van der Waals surface area contributed by atoms with Crippen LogP contribution in [0.2, 0.25) is 0 Å². The Kier molecular flexibility index (Phi) is 13.9. The molecule has 4 nitrogen and oxygen atoms in total. The summed E-state index contributed by atoms with van der Waals surface area (Å²) >= 11 is 0. The van der Waals surface area contributed by atoms with Crippen LogP contribution in [-0.2, 0) is 0 Å². The quantitative estimate of drug-likeness (QED) is 0.549. The van der Waals surface area contributed by atoms with Crippen LogP contribution >= 0.6 is 0 Å². The Balaban J connectivity index is 0. The van der Waals surface area contributed by atoms with Crippen molar-refractivity contribution in [2.75, 3.05) is 26.4 Å². The Hall–Kier alpha value is -0.160. The van der Waals surface area contributed by atoms with Crippen molar-refractivity contribution in [2.45, 2.75) is 41.5 Å². The second-order valence-corrected chi connectivity index (χ2v) is 6.36. The fraction of sp³-hybridized carbons (Fsp3) is 1.00. The van der Waals surface area contributed by atoms with Crippen molar-refractivity contribution >= 4 is 0 Å². The largest absolute Gasteiger partial charge is 0.396 e. The first kappa shape index (κ1) is 22.1. The van der Waals surface area contributed by atoms with E-state index in [1.54, 1.807) is 0 Å². The molecular formula is C16H36O4. The van der Waals surface area contributed by atoms with E-state index in [4.69, 9.17) is 20.4 Å². The lowest BCUT2D eigenvalue weighted by molar-refractivity contribution is 0.124. The Labute approximate surface area is 124 Å². The third-order valence-electron chi connectivity index (χ3n) is 4.74. The van der Waals surface area contributed by atoms with Gasteiger partial charge < -0.3 is 20.4 Å². The molecule has 0 fully saturated rings. The molecule has 0 aromatic carbocycles. The minimum atomic E-state index is 0.214. The van der Waals surface area contributed by atoms with Gasteiger partial charge in [-0.05, 0) is 35.5 Å². The standard InChI is InChI=1S/2C8H18O2/c2*1-6(4-9)8(3)7(2)5-10/h2*6-10H,4-5H2,1-3H3. The molecule has 0 rings (SSSR count). The lowest BCUT2D eigenvalue weighted by Gasteiger charge is -2.22. The third-order valence-corrected chi connectivity index (χ3v) is 4.74. The lowest BCUT2D eigenvalue weighted by Crippen LogP contribution is -2.21. The van der Waals surface area contributed by atoms with E-state index in [0.717, 1.165) is 0 Å². The molecule has 0 spiro atoms. The van der Waals surface area contributed by atoms with Crippen LogP contribution in [0.4, 0.5) is 0 Å². The van der Waals surface area contributed by atoms with E-state index in [9.17, 15) is 0 Å². The molecule has 0 aromatic rings. The Morgan fingerprint density at radius 1 is 0.450 bits per heavy atom. The van der Waals surface area contributed by atoms with Gasteiger partial charge in [0.25, 0.3) is 0 Å². The van der Waals surface area contributed by atoms with Crippen LogP contribution in [0.3, 0.4) is 0 Å². The molecule has 0 aromatic heterocycles. The molecule has 4 atom stereocenters. The predicted octanol–water partition coefficient (Wildman–Crippen LogP) is 1.76. The predicted molar refractivity (Wildman–Crippen MR) is 83.3 cm³/mol. The molecular weight excluding hydrogens is 256 g/mol. The smallest absolute Gasteiger partial charge is 0.0459 e. The third kappa shape index (κ3) is 8.90. The van der Waals surface area contributed by atoms with Crippen molar-refractivity contribution in [1.82, 2.24) is 0 Å². The van der Waals surface area contributed by atoms with Crippen LogP contribution in [0.5, 0.6) is 0 Å². The number of hydrogen-bond acceptors (Lipinski definition) is 4. The molecule has 0 bridgehead atoms. The van der Waals surface area contributed by atoms with Gasteiger partial charge in [0.2, 0.25) is 0 Å². The molecule has 0 radical (unpaired) electrons. The normalized spacial score (nSPS) is 20.1. The summed E-state index contributed by atoms with van der Waals surface area (Å²) in [7, 11) is 0. The van der Waals surface area contributed by atoms with Crippen molar-refractivity contribution < 1.29 is 20.4 Å². The molecule has 0 aliphatic carbocycles. The maximum Gasteiger partial charge on any atom is 0.0459 e. The number of aliphatic hydroxyl groups excluding tert-OH is 4. The maximum atomic E-state index is 8.77. The van der Waals surface area contributed by atoms with E-state index in [-0.39, 0.29) is 26.4 Å². The van der Waals surface area contributed by atoms with Gasteiger partial charge >= 0.3 is 0 Å². The van der Waals surface area contributed by atoms with Gasteiger partial charge in [-0.1, -0.05) is 41.5 Å². The lowest BCUT2D eigenvalue weighted by atomic mass is 9.86. The molecule has 4 unspecified atom stereocenters. The number of hydrogen-bond donors (Lipinski definition) is 4. The molecule has 0 aliphatic heterocycles. The zero-order chi connectivity index (χ0) is 16.3. The van der Waals surface area contributed by atoms with Gasteiger partial charge in [0, 0.05) is 26.4 Å². The minimum absolute atomic E-state index is 0.214. The van der Waals surface area contributed by atoms with E-state index in [1.807, 2.05) is 27.7 Å². The highest BCUT2D eigenvalue weighted by molar-refractivity contribution is 4.66. The molecule has 0 saturated carbocycles. The van der Waals surface area contributed by atoms with Gasteiger partial charge in [-0.3, -0.25) is 0 Å². The second-order valence-electron chi connectivity index (χ2n) is 6.36. The first-order valence-corrected chi connectivity index (χ1v) is 7.70. The average Bonchev–Trinajstić information content (AvgIpc) is 2.50. The highest BCUT2D eigenvalue weighted by atomic mass is 16.3. The molecule has 4 N–H and O–H groups in total. The van der Waals surface area contributed by atoms with Gasteiger partial charge in [0.1, 0.15) is 0 Å². The van der Waals surface area contributed by atoms with Crippen molar-refractivity contribution in [2.24, 2.45) is 35.5 Å². The summed E-state index contributed by atoms with van der Waals surface area (Å²) in [4.78, 5) is 0. The highest BCUT2D eigenvalue weighted by Gasteiger charge is 2.17. The van der Waals surface area contributed by atoms with E-state index < -0.39 is 0 Å². The second kappa shape index (κ2) is 12.6. The van der Waals surface area contributed by atoms with Crippen LogP contribution < -0.4 is 0 Å². The SMILES string of the molecule is CC(CO)C(C)C(C)CO.CC(CO)C(C)C(C)CO. The van der Waals surface area contributed by atoms with Crippen LogP contribution in [0, 0.1) is 35.5 Å². The molecule has 124 valence electrons. The van der Waals surface area contributed by atoms with Crippen LogP contribution in [0.15, 0.2) is 0 Å². The average molecular weight is 292 g/mol. The molecule has 4 heteroatoms. The molecule has 20 heavy (non-hydrogen) atoms. The highest BCUT2D eigenvalue weighted by Crippen LogP contribution is 2.19. The fourth-order valence-electron chi connectivity index (χ4n) is 1.79. The van der Waals surface area contributed by atoms with E-state index in [2.05, 4.69) is 13.8 Å². The zero-order valence-corrected chi connectivity index (χ0v) is 14.1. The van der Waals surface area contributed by atoms with E-state index >= 15 is 0 Å². The summed E-state index contributed by atoms with van der Waals surface area (Å²) < 4.78 is 0. The van der Waals surface area contributed by atoms with Gasteiger partial charge in [0.05, 0.1) is 0 Å². The minimum Gasteiger partial charge on any atom is -0.396 e. The van der Waals surface area contributed by atoms with Crippen LogP contribution in [0.1, 0.15) is 41.5 Å². The molecule has 0 saturated heterocycles. The summed E-state index contributed by atoms with van der Waals surface area (Å²) in [5.41, 5.74) is 0. The molecule has 0 aliphatic rings. The maximum absolute atomic E-state index is 8.77. The van der Waals surface area contributed by atoms with Crippen LogP contribution in [-0.4, -0.2) is 46.9 Å². The first-order valence-electron chi connectivity index (χ1n) is 7.70. The first-order chi connectivity index (χ1) is 9.26. The van der Waals surface area contributed by atoms with Crippen molar-refractivity contribution in [3.63, 3.8) is 0 Å². The Morgan fingerprint density at radius 2 is 0.600 bits per heavy atom. The number of rotatable bonds is 8. The van der Waals surface area contributed by atoms with Crippen molar-refractivity contribution in [3.05, 3.63) is 0 Å². The van der Waals surface area contributed by atoms with Gasteiger partial charge in [-0.25, -0.2) is 0 Å². The molecule has 0 heterocycles. The topological polar surface area (TPSA) is 80.9 Å². The van der Waals surface area contributed by atoms with Crippen molar-refractivity contribution in [3.8, 4) is 0 Å². The Morgan fingerprint density at radius 3 is 0.700 bits per heavy atom. The van der Waals surface area contributed by atoms with Gasteiger partial charge in [0.15, 0.2) is 0 Å². The summed E-state index contributed by atoms with van der Waals surface area (Å²) in [5.74, 6) is 1.97. The van der Waals surface area contributed by atoms with E-state index in [1.165, 1.54) is 0 Å². The van der Waals surface area contributed by atoms with E-state index in [0.29, 0.717) is 35.5 Å². The number of aliphatic hydroxyl groups is 4. The zero-order valence-electron chi connectivity index (χ0n) is 14.1. The fourth-order valence-corrected chi connectivity index (χ4v) is 1.79. The van der Waals surface area contributed by atoms with Crippen LogP contribution in [0.25, 0.3) is 0 Å². The monoisotopic (exact) mass is 292 g/mol. The van der Waals surface area contributed by atoms with Gasteiger partial charge in [-0.15, -0.1) is 0 Å².